The summed E-state index contributed by atoms with van der Waals surface area (Å²) in [7, 11) is 0. The van der Waals surface area contributed by atoms with Crippen molar-refractivity contribution in [3.05, 3.63) is 39.1 Å². The molecule has 2 heterocycles. The predicted octanol–water partition coefficient (Wildman–Crippen LogP) is 1.65. The smallest absolute Gasteiger partial charge is 0.307 e. The molecule has 2 rings (SSSR count). The van der Waals surface area contributed by atoms with Gasteiger partial charge in [-0.2, -0.15) is 0 Å². The molecular formula is C12H15ClN4O2S. The number of nitrogen functional groups attached to an aromatic ring is 1. The van der Waals surface area contributed by atoms with Crippen molar-refractivity contribution < 1.29 is 4.79 Å². The number of amides is 1. The minimum atomic E-state index is -0.163. The van der Waals surface area contributed by atoms with E-state index in [0.29, 0.717) is 18.1 Å². The number of carbonyl (C=O) groups excluding carboxylic acids is 1. The Kier molecular flexibility index (Phi) is 5.72. The molecular weight excluding hydrogens is 300 g/mol. The largest absolute Gasteiger partial charge is 0.384 e. The number of carbonyl (C=O) groups is 1. The van der Waals surface area contributed by atoms with Gasteiger partial charge in [0.05, 0.1) is 11.9 Å². The van der Waals surface area contributed by atoms with Crippen LogP contribution in [-0.2, 0) is 11.3 Å². The van der Waals surface area contributed by atoms with Crippen LogP contribution < -0.4 is 15.9 Å². The van der Waals surface area contributed by atoms with E-state index in [1.807, 2.05) is 6.92 Å². The Balaban J connectivity index is 0.00000200. The van der Waals surface area contributed by atoms with Crippen molar-refractivity contribution in [1.82, 2.24) is 9.55 Å². The summed E-state index contributed by atoms with van der Waals surface area (Å²) in [6.45, 7) is 2.22. The fourth-order valence-electron chi connectivity index (χ4n) is 1.59. The zero-order valence-corrected chi connectivity index (χ0v) is 12.5. The molecule has 0 aromatic carbocycles. The molecule has 1 amide bonds. The molecule has 0 unspecified atom stereocenters. The lowest BCUT2D eigenvalue weighted by Gasteiger charge is -2.06. The molecule has 2 aromatic rings. The third-order valence-corrected chi connectivity index (χ3v) is 3.49. The molecule has 0 bridgehead atoms. The number of aryl methyl sites for hydroxylation is 1. The quantitative estimate of drug-likeness (QED) is 0.897. The van der Waals surface area contributed by atoms with Gasteiger partial charge in [-0.3, -0.25) is 9.59 Å². The lowest BCUT2D eigenvalue weighted by molar-refractivity contribution is -0.116. The van der Waals surface area contributed by atoms with E-state index in [2.05, 4.69) is 10.3 Å². The Morgan fingerprint density at radius 3 is 2.80 bits per heavy atom. The highest BCUT2D eigenvalue weighted by Crippen LogP contribution is 2.08. The molecule has 0 radical (unpaired) electrons. The molecule has 0 saturated carbocycles. The molecule has 0 fully saturated rings. The average Bonchev–Trinajstić information content (AvgIpc) is 2.70. The van der Waals surface area contributed by atoms with Gasteiger partial charge in [0.25, 0.3) is 0 Å². The fourth-order valence-corrected chi connectivity index (χ4v) is 2.35. The van der Waals surface area contributed by atoms with Crippen LogP contribution >= 0.6 is 23.7 Å². The second-order valence-electron chi connectivity index (χ2n) is 4.06. The highest BCUT2D eigenvalue weighted by molar-refractivity contribution is 7.07. The Morgan fingerprint density at radius 2 is 2.25 bits per heavy atom. The van der Waals surface area contributed by atoms with Crippen molar-refractivity contribution >= 4 is 41.2 Å². The van der Waals surface area contributed by atoms with Crippen LogP contribution in [0.5, 0.6) is 0 Å². The Morgan fingerprint density at radius 1 is 1.50 bits per heavy atom. The molecule has 20 heavy (non-hydrogen) atoms. The van der Waals surface area contributed by atoms with Crippen molar-refractivity contribution in [3.63, 3.8) is 0 Å². The van der Waals surface area contributed by atoms with E-state index in [0.717, 1.165) is 17.0 Å². The van der Waals surface area contributed by atoms with Crippen LogP contribution in [0.3, 0.4) is 0 Å². The number of nitrogens with one attached hydrogen (secondary N) is 1. The van der Waals surface area contributed by atoms with E-state index in [1.165, 1.54) is 6.20 Å². The zero-order valence-electron chi connectivity index (χ0n) is 10.8. The third kappa shape index (κ3) is 4.07. The highest BCUT2D eigenvalue weighted by atomic mass is 35.5. The number of rotatable bonds is 4. The number of anilines is 2. The molecule has 0 aliphatic rings. The summed E-state index contributed by atoms with van der Waals surface area (Å²) in [5.74, 6) is 0.238. The minimum absolute atomic E-state index is 0. The van der Waals surface area contributed by atoms with E-state index in [9.17, 15) is 9.59 Å². The van der Waals surface area contributed by atoms with Gasteiger partial charge in [0.15, 0.2) is 0 Å². The number of hydrogen-bond acceptors (Lipinski definition) is 5. The van der Waals surface area contributed by atoms with Crippen molar-refractivity contribution in [3.8, 4) is 0 Å². The summed E-state index contributed by atoms with van der Waals surface area (Å²) in [5, 5.41) is 4.48. The SMILES string of the molecule is Cc1csc(=O)n1CCC(=O)Nc1ccc(N)nc1.Cl. The van der Waals surface area contributed by atoms with Crippen molar-refractivity contribution in [2.75, 3.05) is 11.1 Å². The van der Waals surface area contributed by atoms with Gasteiger partial charge < -0.3 is 15.6 Å². The summed E-state index contributed by atoms with van der Waals surface area (Å²) >= 11 is 1.14. The van der Waals surface area contributed by atoms with E-state index >= 15 is 0 Å². The number of nitrogens with zero attached hydrogens (tertiary/aromatic N) is 2. The Bertz CT molecular complexity index is 636. The first-order chi connectivity index (χ1) is 9.06. The van der Waals surface area contributed by atoms with E-state index in [4.69, 9.17) is 5.73 Å². The zero-order chi connectivity index (χ0) is 13.8. The molecule has 3 N–H and O–H groups in total. The van der Waals surface area contributed by atoms with Crippen molar-refractivity contribution in [2.24, 2.45) is 0 Å². The minimum Gasteiger partial charge on any atom is -0.384 e. The maximum Gasteiger partial charge on any atom is 0.307 e. The number of nitrogens with two attached hydrogens (primary N) is 1. The first kappa shape index (κ1) is 16.2. The van der Waals surface area contributed by atoms with Crippen LogP contribution in [0.15, 0.2) is 28.5 Å². The predicted molar refractivity (Wildman–Crippen MR) is 82.5 cm³/mol. The molecule has 0 aliphatic carbocycles. The highest BCUT2D eigenvalue weighted by Gasteiger charge is 2.07. The van der Waals surface area contributed by atoms with Crippen LogP contribution in [-0.4, -0.2) is 15.5 Å². The Hall–Kier alpha value is -1.86. The van der Waals surface area contributed by atoms with Gasteiger partial charge >= 0.3 is 4.87 Å². The van der Waals surface area contributed by atoms with Gasteiger partial charge in [0.1, 0.15) is 5.82 Å². The van der Waals surface area contributed by atoms with Crippen molar-refractivity contribution in [2.45, 2.75) is 19.9 Å². The summed E-state index contributed by atoms with van der Waals surface area (Å²) in [6, 6.07) is 3.30. The number of aromatic nitrogens is 2. The molecule has 108 valence electrons. The molecule has 0 atom stereocenters. The van der Waals surface area contributed by atoms with Crippen molar-refractivity contribution in [1.29, 1.82) is 0 Å². The summed E-state index contributed by atoms with van der Waals surface area (Å²) in [4.78, 5) is 27.0. The van der Waals surface area contributed by atoms with Gasteiger partial charge in [0.2, 0.25) is 5.91 Å². The normalized spacial score (nSPS) is 9.85. The summed E-state index contributed by atoms with van der Waals surface area (Å²) in [6.07, 6.45) is 1.73. The van der Waals surface area contributed by atoms with Gasteiger partial charge in [-0.1, -0.05) is 11.3 Å². The topological polar surface area (TPSA) is 90.0 Å². The standard InChI is InChI=1S/C12H14N4O2S.ClH/c1-8-7-19-12(18)16(8)5-4-11(17)15-9-2-3-10(13)14-6-9;/h2-3,6-7H,4-5H2,1H3,(H2,13,14)(H,15,17);1H. The number of halogens is 1. The molecule has 2 aromatic heterocycles. The van der Waals surface area contributed by atoms with Gasteiger partial charge in [-0.05, 0) is 19.1 Å². The lowest BCUT2D eigenvalue weighted by Crippen LogP contribution is -2.20. The molecule has 0 saturated heterocycles. The van der Waals surface area contributed by atoms with Gasteiger partial charge in [0, 0.05) is 24.0 Å². The maximum atomic E-state index is 11.7. The lowest BCUT2D eigenvalue weighted by atomic mass is 10.3. The fraction of sp³-hybridized carbons (Fsp3) is 0.250. The number of pyridine rings is 1. The number of hydrogen-bond donors (Lipinski definition) is 2. The van der Waals surface area contributed by atoms with E-state index in [1.54, 1.807) is 22.1 Å². The molecule has 0 aliphatic heterocycles. The first-order valence-electron chi connectivity index (χ1n) is 5.72. The second kappa shape index (κ2) is 7.06. The summed E-state index contributed by atoms with van der Waals surface area (Å²) in [5.41, 5.74) is 6.92. The third-order valence-electron chi connectivity index (χ3n) is 2.61. The first-order valence-corrected chi connectivity index (χ1v) is 6.60. The molecule has 0 spiro atoms. The van der Waals surface area contributed by atoms with Crippen LogP contribution in [0.2, 0.25) is 0 Å². The molecule has 6 nitrogen and oxygen atoms in total. The monoisotopic (exact) mass is 314 g/mol. The van der Waals surface area contributed by atoms with E-state index < -0.39 is 0 Å². The molecule has 8 heteroatoms. The van der Waals surface area contributed by atoms with E-state index in [-0.39, 0.29) is 29.6 Å². The van der Waals surface area contributed by atoms with Gasteiger partial charge in [-0.25, -0.2) is 4.98 Å². The maximum absolute atomic E-state index is 11.7. The summed E-state index contributed by atoms with van der Waals surface area (Å²) < 4.78 is 1.59. The second-order valence-corrected chi connectivity index (χ2v) is 4.89. The van der Waals surface area contributed by atoms with Gasteiger partial charge in [-0.15, -0.1) is 12.4 Å². The van der Waals surface area contributed by atoms with Crippen LogP contribution in [0.25, 0.3) is 0 Å². The van der Waals surface area contributed by atoms with Crippen LogP contribution in [0.4, 0.5) is 11.5 Å². The average molecular weight is 315 g/mol. The Labute approximate surface area is 126 Å². The number of thiazole rings is 1. The van der Waals surface area contributed by atoms with Crippen LogP contribution in [0.1, 0.15) is 12.1 Å². The van der Waals surface area contributed by atoms with Crippen LogP contribution in [0, 0.1) is 6.92 Å².